The highest BCUT2D eigenvalue weighted by Crippen LogP contribution is 2.69. The van der Waals surface area contributed by atoms with Gasteiger partial charge in [0, 0.05) is 23.0 Å². The molecule has 8 aliphatic rings. The topological polar surface area (TPSA) is 152 Å². The molecule has 5 aliphatic heterocycles. The standard InChI is InChI=1S/C30H32O10/c1-10(2)7-15(31)29-22(34)14-9-37-13(6)20-17-12(5)38-25(28(14,20)24(36)27(29)40-29)19-18(17)21(33)26-30(39-26,23(19)35)16(32)8-11(3)4/h7-9,12-13,15-17,20,25-27,31-32H,1-6H3/t12-,13+,15-,16+,17-,20+,25-,26-,27+,28+,29+,30-/m1/s1. The fourth-order valence-corrected chi connectivity index (χ4v) is 8.27. The van der Waals surface area contributed by atoms with Gasteiger partial charge in [-0.3, -0.25) is 19.2 Å². The lowest BCUT2D eigenvalue weighted by Crippen LogP contribution is -2.73. The van der Waals surface area contributed by atoms with Gasteiger partial charge in [0.1, 0.15) is 23.7 Å². The molecule has 3 aliphatic carbocycles. The summed E-state index contributed by atoms with van der Waals surface area (Å²) in [5.74, 6) is -3.55. The van der Waals surface area contributed by atoms with Crippen LogP contribution < -0.4 is 0 Å². The molecule has 10 nitrogen and oxygen atoms in total. The van der Waals surface area contributed by atoms with E-state index >= 15 is 0 Å². The Bertz CT molecular complexity index is 1440. The quantitative estimate of drug-likeness (QED) is 0.379. The number of allylic oxidation sites excluding steroid dienone is 2. The number of Topliss-reactive ketones (excluding diaryl/α,β-unsaturated/α-hetero) is 4. The predicted molar refractivity (Wildman–Crippen MR) is 136 cm³/mol. The van der Waals surface area contributed by atoms with Crippen LogP contribution in [0.1, 0.15) is 41.5 Å². The highest BCUT2D eigenvalue weighted by molar-refractivity contribution is 6.26. The third-order valence-corrected chi connectivity index (χ3v) is 9.92. The fraction of sp³-hybridized carbons (Fsp3) is 0.600. The first-order valence-corrected chi connectivity index (χ1v) is 13.7. The number of rotatable bonds is 4. The number of hydrogen-bond donors (Lipinski definition) is 2. The summed E-state index contributed by atoms with van der Waals surface area (Å²) in [6.07, 6.45) is -3.41. The maximum Gasteiger partial charge on any atom is 0.201 e. The maximum atomic E-state index is 14.6. The van der Waals surface area contributed by atoms with Gasteiger partial charge in [0.2, 0.25) is 5.78 Å². The summed E-state index contributed by atoms with van der Waals surface area (Å²) in [6, 6.07) is 0. The van der Waals surface area contributed by atoms with E-state index in [1.54, 1.807) is 41.5 Å². The van der Waals surface area contributed by atoms with Crippen LogP contribution in [0.25, 0.3) is 0 Å². The van der Waals surface area contributed by atoms with Gasteiger partial charge < -0.3 is 29.2 Å². The smallest absolute Gasteiger partial charge is 0.201 e. The molecular formula is C30H32O10. The van der Waals surface area contributed by atoms with E-state index in [4.69, 9.17) is 18.9 Å². The average Bonchev–Trinajstić information content (AvgIpc) is 3.78. The second-order valence-electron chi connectivity index (χ2n) is 12.7. The van der Waals surface area contributed by atoms with E-state index in [2.05, 4.69) is 0 Å². The van der Waals surface area contributed by atoms with Crippen molar-refractivity contribution in [1.29, 1.82) is 0 Å². The first-order valence-electron chi connectivity index (χ1n) is 13.7. The summed E-state index contributed by atoms with van der Waals surface area (Å²) in [5, 5.41) is 22.0. The van der Waals surface area contributed by atoms with Gasteiger partial charge in [-0.05, 0) is 41.5 Å². The van der Waals surface area contributed by atoms with Crippen LogP contribution in [0.3, 0.4) is 0 Å². The Morgan fingerprint density at radius 3 is 2.00 bits per heavy atom. The highest BCUT2D eigenvalue weighted by atomic mass is 16.6. The van der Waals surface area contributed by atoms with E-state index in [9.17, 15) is 29.4 Å². The molecular weight excluding hydrogens is 520 g/mol. The van der Waals surface area contributed by atoms with E-state index in [1.807, 2.05) is 0 Å². The molecule has 2 N–H and O–H groups in total. The van der Waals surface area contributed by atoms with Crippen molar-refractivity contribution in [3.05, 3.63) is 46.3 Å². The number of aliphatic hydroxyl groups excluding tert-OH is 2. The van der Waals surface area contributed by atoms with Crippen molar-refractivity contribution in [3.63, 3.8) is 0 Å². The Morgan fingerprint density at radius 2 is 1.40 bits per heavy atom. The Balaban J connectivity index is 1.42. The van der Waals surface area contributed by atoms with Crippen molar-refractivity contribution in [1.82, 2.24) is 0 Å². The van der Waals surface area contributed by atoms with E-state index in [1.165, 1.54) is 18.4 Å². The monoisotopic (exact) mass is 552 g/mol. The second-order valence-corrected chi connectivity index (χ2v) is 12.7. The van der Waals surface area contributed by atoms with Crippen molar-refractivity contribution < 1.29 is 48.3 Å². The number of carbonyl (C=O) groups excluding carboxylic acids is 4. The fourth-order valence-electron chi connectivity index (χ4n) is 8.27. The molecule has 3 saturated heterocycles. The number of aliphatic hydroxyl groups is 2. The minimum absolute atomic E-state index is 0.0153. The second kappa shape index (κ2) is 7.74. The van der Waals surface area contributed by atoms with Crippen LogP contribution in [0.5, 0.6) is 0 Å². The lowest BCUT2D eigenvalue weighted by Gasteiger charge is -2.62. The molecule has 1 saturated carbocycles. The lowest BCUT2D eigenvalue weighted by molar-refractivity contribution is -0.205. The van der Waals surface area contributed by atoms with Gasteiger partial charge in [-0.25, -0.2) is 0 Å². The van der Waals surface area contributed by atoms with Crippen LogP contribution >= 0.6 is 0 Å². The van der Waals surface area contributed by atoms with Crippen LogP contribution in [0.15, 0.2) is 46.3 Å². The van der Waals surface area contributed by atoms with E-state index in [-0.39, 0.29) is 16.7 Å². The summed E-state index contributed by atoms with van der Waals surface area (Å²) >= 11 is 0. The maximum absolute atomic E-state index is 14.6. The molecule has 212 valence electrons. The SMILES string of the molecule is CC(C)=C[C@@H](O)[C@@]12O[C@H]1C(=O)[C@]13C(=CO[C@@H](C)[C@H]1[C@H]1C4=C(C(=O)[C@@]5([C@@H](O)C=C(C)C)O[C@@H]5C4=O)[C@H]3O[C@@H]1C)C2=O. The lowest BCUT2D eigenvalue weighted by atomic mass is 9.44. The molecule has 12 atom stereocenters. The third-order valence-electron chi connectivity index (χ3n) is 9.92. The molecule has 10 heteroatoms. The van der Waals surface area contributed by atoms with Crippen molar-refractivity contribution >= 4 is 23.1 Å². The largest absolute Gasteiger partial charge is 0.498 e. The zero-order chi connectivity index (χ0) is 28.8. The highest BCUT2D eigenvalue weighted by Gasteiger charge is 2.86. The first kappa shape index (κ1) is 26.2. The molecule has 1 spiro atoms. The Hall–Kier alpha value is -2.76. The zero-order valence-electron chi connectivity index (χ0n) is 23.1. The van der Waals surface area contributed by atoms with E-state index in [0.29, 0.717) is 0 Å². The molecule has 0 radical (unpaired) electrons. The van der Waals surface area contributed by atoms with Gasteiger partial charge in [0.05, 0.1) is 24.0 Å². The van der Waals surface area contributed by atoms with Gasteiger partial charge >= 0.3 is 0 Å². The first-order chi connectivity index (χ1) is 18.8. The summed E-state index contributed by atoms with van der Waals surface area (Å²) in [7, 11) is 0. The van der Waals surface area contributed by atoms with Crippen molar-refractivity contribution in [3.8, 4) is 0 Å². The Morgan fingerprint density at radius 1 is 0.825 bits per heavy atom. The van der Waals surface area contributed by atoms with Gasteiger partial charge in [-0.2, -0.15) is 0 Å². The van der Waals surface area contributed by atoms with Crippen LogP contribution in [-0.4, -0.2) is 87.3 Å². The molecule has 4 fully saturated rings. The van der Waals surface area contributed by atoms with Crippen LogP contribution in [0.4, 0.5) is 0 Å². The number of carbonyl (C=O) groups is 4. The number of hydrogen-bond acceptors (Lipinski definition) is 10. The minimum Gasteiger partial charge on any atom is -0.498 e. The summed E-state index contributed by atoms with van der Waals surface area (Å²) in [5.41, 5.74) is -3.57. The molecule has 0 unspecified atom stereocenters. The molecule has 0 aromatic carbocycles. The predicted octanol–water partition coefficient (Wildman–Crippen LogP) is 0.838. The number of ether oxygens (including phenoxy) is 4. The normalized spacial score (nSPS) is 47.0. The van der Waals surface area contributed by atoms with Gasteiger partial charge in [-0.1, -0.05) is 23.3 Å². The van der Waals surface area contributed by atoms with Gasteiger partial charge in [0.25, 0.3) is 0 Å². The van der Waals surface area contributed by atoms with Gasteiger partial charge in [-0.15, -0.1) is 0 Å². The summed E-state index contributed by atoms with van der Waals surface area (Å²) in [4.78, 5) is 56.9. The minimum atomic E-state index is -1.80. The van der Waals surface area contributed by atoms with E-state index in [0.717, 1.165) is 11.1 Å². The van der Waals surface area contributed by atoms with Crippen LogP contribution in [0.2, 0.25) is 0 Å². The van der Waals surface area contributed by atoms with Gasteiger partial charge in [0.15, 0.2) is 40.8 Å². The number of fused-ring (bicyclic) bond motifs is 3. The summed E-state index contributed by atoms with van der Waals surface area (Å²) in [6.45, 7) is 10.6. The zero-order valence-corrected chi connectivity index (χ0v) is 23.1. The number of epoxide rings is 2. The molecule has 0 amide bonds. The molecule has 0 aromatic rings. The third kappa shape index (κ3) is 2.68. The van der Waals surface area contributed by atoms with Crippen molar-refractivity contribution in [2.24, 2.45) is 17.3 Å². The van der Waals surface area contributed by atoms with Crippen LogP contribution in [0, 0.1) is 17.3 Å². The average molecular weight is 553 g/mol. The van der Waals surface area contributed by atoms with Crippen molar-refractivity contribution in [2.75, 3.05) is 0 Å². The molecule has 8 rings (SSSR count). The van der Waals surface area contributed by atoms with Crippen LogP contribution in [-0.2, 0) is 38.1 Å². The molecule has 0 aromatic heterocycles. The van der Waals surface area contributed by atoms with E-state index < -0.39 is 94.3 Å². The molecule has 5 heterocycles. The Labute approximate surface area is 230 Å². The summed E-state index contributed by atoms with van der Waals surface area (Å²) < 4.78 is 23.8. The Kier molecular flexibility index (Phi) is 5.06. The van der Waals surface area contributed by atoms with Crippen molar-refractivity contribution in [2.45, 2.75) is 95.5 Å². The molecule has 40 heavy (non-hydrogen) atoms. The molecule has 2 bridgehead atoms. The number of ketones is 4.